The summed E-state index contributed by atoms with van der Waals surface area (Å²) >= 11 is 0. The number of hydrogen-bond donors (Lipinski definition) is 3. The SMILES string of the molecule is NC(C(=O)O)C1COCC1O. The van der Waals surface area contributed by atoms with Crippen molar-refractivity contribution in [3.63, 3.8) is 0 Å². The van der Waals surface area contributed by atoms with Crippen molar-refractivity contribution in [2.75, 3.05) is 13.2 Å². The van der Waals surface area contributed by atoms with Crippen molar-refractivity contribution in [2.45, 2.75) is 12.1 Å². The van der Waals surface area contributed by atoms with Crippen LogP contribution in [-0.2, 0) is 9.53 Å². The highest BCUT2D eigenvalue weighted by atomic mass is 16.5. The van der Waals surface area contributed by atoms with Gasteiger partial charge >= 0.3 is 5.97 Å². The lowest BCUT2D eigenvalue weighted by Crippen LogP contribution is -2.43. The van der Waals surface area contributed by atoms with Gasteiger partial charge in [-0.15, -0.1) is 0 Å². The first-order valence-electron chi connectivity index (χ1n) is 3.37. The molecule has 0 aromatic heterocycles. The zero-order chi connectivity index (χ0) is 8.43. The minimum Gasteiger partial charge on any atom is -0.480 e. The first-order chi connectivity index (χ1) is 5.13. The Bertz CT molecular complexity index is 161. The third kappa shape index (κ3) is 1.68. The summed E-state index contributed by atoms with van der Waals surface area (Å²) in [5.74, 6) is -1.56. The molecule has 3 unspecified atom stereocenters. The molecule has 1 saturated heterocycles. The summed E-state index contributed by atoms with van der Waals surface area (Å²) in [7, 11) is 0. The number of carboxylic acid groups (broad SMARTS) is 1. The second kappa shape index (κ2) is 3.17. The monoisotopic (exact) mass is 161 g/mol. The summed E-state index contributed by atoms with van der Waals surface area (Å²) in [6.07, 6.45) is -0.735. The summed E-state index contributed by atoms with van der Waals surface area (Å²) in [6, 6.07) is -1.02. The van der Waals surface area contributed by atoms with Gasteiger partial charge in [0.05, 0.1) is 19.3 Å². The van der Waals surface area contributed by atoms with E-state index in [1.165, 1.54) is 0 Å². The number of ether oxygens (including phenoxy) is 1. The van der Waals surface area contributed by atoms with E-state index in [0.29, 0.717) is 0 Å². The molecule has 1 fully saturated rings. The van der Waals surface area contributed by atoms with Crippen molar-refractivity contribution in [1.82, 2.24) is 0 Å². The van der Waals surface area contributed by atoms with Crippen LogP contribution in [0.2, 0.25) is 0 Å². The van der Waals surface area contributed by atoms with Crippen LogP contribution in [0.4, 0.5) is 0 Å². The zero-order valence-electron chi connectivity index (χ0n) is 5.93. The van der Waals surface area contributed by atoms with Crippen molar-refractivity contribution in [1.29, 1.82) is 0 Å². The van der Waals surface area contributed by atoms with Crippen LogP contribution in [0.25, 0.3) is 0 Å². The predicted octanol–water partition coefficient (Wildman–Crippen LogP) is -1.59. The minimum absolute atomic E-state index is 0.186. The maximum absolute atomic E-state index is 10.3. The highest BCUT2D eigenvalue weighted by Gasteiger charge is 2.35. The number of carboxylic acids is 1. The Morgan fingerprint density at radius 2 is 2.27 bits per heavy atom. The fourth-order valence-electron chi connectivity index (χ4n) is 1.09. The van der Waals surface area contributed by atoms with E-state index in [4.69, 9.17) is 20.7 Å². The molecule has 4 N–H and O–H groups in total. The lowest BCUT2D eigenvalue weighted by atomic mass is 9.98. The normalized spacial score (nSPS) is 33.6. The molecule has 0 aromatic rings. The van der Waals surface area contributed by atoms with Crippen LogP contribution in [0.15, 0.2) is 0 Å². The second-order valence-corrected chi connectivity index (χ2v) is 2.63. The molecule has 1 rings (SSSR count). The quantitative estimate of drug-likeness (QED) is 0.454. The fourth-order valence-corrected chi connectivity index (χ4v) is 1.09. The van der Waals surface area contributed by atoms with Crippen LogP contribution in [0.5, 0.6) is 0 Å². The Morgan fingerprint density at radius 3 is 2.64 bits per heavy atom. The van der Waals surface area contributed by atoms with Gasteiger partial charge in [-0.3, -0.25) is 4.79 Å². The van der Waals surface area contributed by atoms with Crippen molar-refractivity contribution in [2.24, 2.45) is 11.7 Å². The van der Waals surface area contributed by atoms with E-state index in [2.05, 4.69) is 0 Å². The van der Waals surface area contributed by atoms with E-state index in [9.17, 15) is 4.79 Å². The molecule has 1 heterocycles. The summed E-state index contributed by atoms with van der Waals surface area (Å²) in [4.78, 5) is 10.3. The molecule has 1 aliphatic rings. The van der Waals surface area contributed by atoms with E-state index in [-0.39, 0.29) is 13.2 Å². The Balaban J connectivity index is 2.52. The predicted molar refractivity (Wildman–Crippen MR) is 35.9 cm³/mol. The lowest BCUT2D eigenvalue weighted by molar-refractivity contribution is -0.140. The van der Waals surface area contributed by atoms with E-state index in [1.807, 2.05) is 0 Å². The first-order valence-corrected chi connectivity index (χ1v) is 3.37. The molecule has 0 aliphatic carbocycles. The van der Waals surface area contributed by atoms with Crippen LogP contribution in [-0.4, -0.2) is 41.5 Å². The Hall–Kier alpha value is -0.650. The molecule has 5 heteroatoms. The smallest absolute Gasteiger partial charge is 0.320 e. The Kier molecular flexibility index (Phi) is 2.43. The van der Waals surface area contributed by atoms with Gasteiger partial charge in [0.1, 0.15) is 6.04 Å². The van der Waals surface area contributed by atoms with Crippen LogP contribution in [0, 0.1) is 5.92 Å². The molecular formula is C6H11NO4. The van der Waals surface area contributed by atoms with Gasteiger partial charge in [-0.25, -0.2) is 0 Å². The number of carbonyl (C=O) groups is 1. The molecule has 0 radical (unpaired) electrons. The second-order valence-electron chi connectivity index (χ2n) is 2.63. The third-order valence-corrected chi connectivity index (χ3v) is 1.84. The summed E-state index contributed by atoms with van der Waals surface area (Å²) in [5, 5.41) is 17.6. The lowest BCUT2D eigenvalue weighted by Gasteiger charge is -2.15. The van der Waals surface area contributed by atoms with Gasteiger partial charge in [0, 0.05) is 5.92 Å². The van der Waals surface area contributed by atoms with Crippen molar-refractivity contribution < 1.29 is 19.7 Å². The molecule has 0 spiro atoms. The molecule has 0 amide bonds. The molecule has 11 heavy (non-hydrogen) atoms. The molecule has 1 aliphatic heterocycles. The average Bonchev–Trinajstić information content (AvgIpc) is 2.33. The molecule has 3 atom stereocenters. The Labute approximate surface area is 63.8 Å². The molecule has 0 aromatic carbocycles. The van der Waals surface area contributed by atoms with Gasteiger partial charge in [0.15, 0.2) is 0 Å². The first kappa shape index (κ1) is 8.45. The standard InChI is InChI=1S/C6H11NO4/c7-5(6(9)10)3-1-11-2-4(3)8/h3-5,8H,1-2,7H2,(H,9,10). The maximum Gasteiger partial charge on any atom is 0.320 e. The fraction of sp³-hybridized carbons (Fsp3) is 0.833. The molecule has 64 valence electrons. The minimum atomic E-state index is -1.10. The van der Waals surface area contributed by atoms with E-state index in [0.717, 1.165) is 0 Å². The molecular weight excluding hydrogens is 150 g/mol. The number of rotatable bonds is 2. The van der Waals surface area contributed by atoms with Crippen molar-refractivity contribution in [3.05, 3.63) is 0 Å². The van der Waals surface area contributed by atoms with Gasteiger partial charge in [0.25, 0.3) is 0 Å². The largest absolute Gasteiger partial charge is 0.480 e. The van der Waals surface area contributed by atoms with Crippen LogP contribution in [0.1, 0.15) is 0 Å². The topological polar surface area (TPSA) is 92.8 Å². The highest BCUT2D eigenvalue weighted by Crippen LogP contribution is 2.16. The van der Waals surface area contributed by atoms with Crippen LogP contribution >= 0.6 is 0 Å². The maximum atomic E-state index is 10.3. The van der Waals surface area contributed by atoms with E-state index < -0.39 is 24.0 Å². The molecule has 5 nitrogen and oxygen atoms in total. The third-order valence-electron chi connectivity index (χ3n) is 1.84. The van der Waals surface area contributed by atoms with Gasteiger partial charge in [-0.2, -0.15) is 0 Å². The van der Waals surface area contributed by atoms with Gasteiger partial charge < -0.3 is 20.7 Å². The number of hydrogen-bond acceptors (Lipinski definition) is 4. The number of aliphatic carboxylic acids is 1. The van der Waals surface area contributed by atoms with Crippen LogP contribution in [0.3, 0.4) is 0 Å². The molecule has 0 saturated carbocycles. The van der Waals surface area contributed by atoms with Gasteiger partial charge in [-0.05, 0) is 0 Å². The van der Waals surface area contributed by atoms with Crippen molar-refractivity contribution in [3.8, 4) is 0 Å². The van der Waals surface area contributed by atoms with E-state index in [1.54, 1.807) is 0 Å². The highest BCUT2D eigenvalue weighted by molar-refractivity contribution is 5.73. The van der Waals surface area contributed by atoms with Crippen LogP contribution < -0.4 is 5.73 Å². The van der Waals surface area contributed by atoms with E-state index >= 15 is 0 Å². The average molecular weight is 161 g/mol. The molecule has 0 bridgehead atoms. The number of aliphatic hydroxyl groups is 1. The van der Waals surface area contributed by atoms with Gasteiger partial charge in [-0.1, -0.05) is 0 Å². The Morgan fingerprint density at radius 1 is 1.64 bits per heavy atom. The number of aliphatic hydroxyl groups excluding tert-OH is 1. The summed E-state index contributed by atoms with van der Waals surface area (Å²) in [6.45, 7) is 0.417. The number of nitrogens with two attached hydrogens (primary N) is 1. The zero-order valence-corrected chi connectivity index (χ0v) is 5.93. The van der Waals surface area contributed by atoms with Crippen molar-refractivity contribution >= 4 is 5.97 Å². The summed E-state index contributed by atoms with van der Waals surface area (Å²) < 4.78 is 4.85. The van der Waals surface area contributed by atoms with Gasteiger partial charge in [0.2, 0.25) is 0 Å². The summed E-state index contributed by atoms with van der Waals surface area (Å²) in [5.41, 5.74) is 5.27.